The molecule has 0 aliphatic heterocycles. The van der Waals surface area contributed by atoms with Crippen LogP contribution in [0.25, 0.3) is 0 Å². The average molecular weight is 307 g/mol. The lowest BCUT2D eigenvalue weighted by Gasteiger charge is -2.12. The Kier molecular flexibility index (Phi) is 4.09. The lowest BCUT2D eigenvalue weighted by atomic mass is 10.2. The van der Waals surface area contributed by atoms with Crippen molar-refractivity contribution < 1.29 is 18.3 Å². The van der Waals surface area contributed by atoms with E-state index in [0.29, 0.717) is 11.3 Å². The van der Waals surface area contributed by atoms with Crippen LogP contribution in [0, 0.1) is 13.8 Å². The minimum absolute atomic E-state index is 0.108. The van der Waals surface area contributed by atoms with Crippen LogP contribution in [0.1, 0.15) is 11.1 Å². The molecule has 2 aromatic carbocycles. The first-order valence-electron chi connectivity index (χ1n) is 6.30. The average Bonchev–Trinajstić information content (AvgIpc) is 2.43. The van der Waals surface area contributed by atoms with E-state index in [2.05, 4.69) is 4.72 Å². The number of benzene rings is 2. The van der Waals surface area contributed by atoms with Crippen LogP contribution in [-0.2, 0) is 10.0 Å². The van der Waals surface area contributed by atoms with Gasteiger partial charge in [0.05, 0.1) is 17.7 Å². The van der Waals surface area contributed by atoms with E-state index in [9.17, 15) is 13.5 Å². The van der Waals surface area contributed by atoms with Gasteiger partial charge >= 0.3 is 0 Å². The summed E-state index contributed by atoms with van der Waals surface area (Å²) in [7, 11) is -2.29. The molecule has 0 saturated heterocycles. The fourth-order valence-corrected chi connectivity index (χ4v) is 3.33. The molecular weight excluding hydrogens is 290 g/mol. The van der Waals surface area contributed by atoms with Gasteiger partial charge in [-0.25, -0.2) is 8.42 Å². The number of ether oxygens (including phenoxy) is 1. The van der Waals surface area contributed by atoms with Gasteiger partial charge in [0.25, 0.3) is 10.0 Å². The van der Waals surface area contributed by atoms with Crippen LogP contribution in [0.5, 0.6) is 11.5 Å². The second kappa shape index (κ2) is 5.65. The fraction of sp³-hybridized carbons (Fsp3) is 0.200. The summed E-state index contributed by atoms with van der Waals surface area (Å²) in [6.45, 7) is 3.55. The minimum atomic E-state index is -3.76. The molecule has 21 heavy (non-hydrogen) atoms. The molecule has 0 aromatic heterocycles. The van der Waals surface area contributed by atoms with Gasteiger partial charge in [-0.15, -0.1) is 0 Å². The van der Waals surface area contributed by atoms with E-state index in [1.165, 1.54) is 19.2 Å². The standard InChI is InChI=1S/C15H17NO4S/c1-10-4-5-11(2)15(8-10)21(18,19)16-13-7-6-12(20-3)9-14(13)17/h4-9,16-17H,1-3H3. The highest BCUT2D eigenvalue weighted by Crippen LogP contribution is 2.30. The Balaban J connectivity index is 2.40. The zero-order chi connectivity index (χ0) is 15.6. The van der Waals surface area contributed by atoms with Crippen molar-refractivity contribution in [2.75, 3.05) is 11.8 Å². The molecule has 0 amide bonds. The second-order valence-corrected chi connectivity index (χ2v) is 6.41. The van der Waals surface area contributed by atoms with Crippen LogP contribution in [-0.4, -0.2) is 20.6 Å². The highest BCUT2D eigenvalue weighted by Gasteiger charge is 2.18. The number of methoxy groups -OCH3 is 1. The third-order valence-electron chi connectivity index (χ3n) is 3.08. The van der Waals surface area contributed by atoms with Gasteiger partial charge in [-0.3, -0.25) is 4.72 Å². The molecule has 0 spiro atoms. The molecule has 2 rings (SSSR count). The van der Waals surface area contributed by atoms with Crippen molar-refractivity contribution in [3.8, 4) is 11.5 Å². The predicted molar refractivity (Wildman–Crippen MR) is 81.4 cm³/mol. The summed E-state index contributed by atoms with van der Waals surface area (Å²) in [5.74, 6) is 0.255. The van der Waals surface area contributed by atoms with E-state index < -0.39 is 10.0 Å². The van der Waals surface area contributed by atoms with Gasteiger partial charge in [-0.05, 0) is 43.2 Å². The quantitative estimate of drug-likeness (QED) is 0.852. The molecule has 2 aromatic rings. The van der Waals surface area contributed by atoms with E-state index in [4.69, 9.17) is 4.74 Å². The normalized spacial score (nSPS) is 11.2. The first-order valence-corrected chi connectivity index (χ1v) is 7.79. The first-order chi connectivity index (χ1) is 9.83. The van der Waals surface area contributed by atoms with Crippen molar-refractivity contribution in [2.45, 2.75) is 18.7 Å². The maximum absolute atomic E-state index is 12.4. The molecule has 2 N–H and O–H groups in total. The number of anilines is 1. The van der Waals surface area contributed by atoms with E-state index >= 15 is 0 Å². The molecule has 0 radical (unpaired) electrons. The van der Waals surface area contributed by atoms with Gasteiger partial charge < -0.3 is 9.84 Å². The number of phenols is 1. The van der Waals surface area contributed by atoms with Gasteiger partial charge in [-0.1, -0.05) is 12.1 Å². The molecule has 0 bridgehead atoms. The number of hydrogen-bond donors (Lipinski definition) is 2. The number of aromatic hydroxyl groups is 1. The molecular formula is C15H17NO4S. The SMILES string of the molecule is COc1ccc(NS(=O)(=O)c2cc(C)ccc2C)c(O)c1. The maximum Gasteiger partial charge on any atom is 0.262 e. The third-order valence-corrected chi connectivity index (χ3v) is 4.59. The highest BCUT2D eigenvalue weighted by molar-refractivity contribution is 7.92. The van der Waals surface area contributed by atoms with E-state index in [1.54, 1.807) is 25.1 Å². The van der Waals surface area contributed by atoms with Gasteiger partial charge in [0.2, 0.25) is 0 Å². The van der Waals surface area contributed by atoms with Gasteiger partial charge in [-0.2, -0.15) is 0 Å². The Hall–Kier alpha value is -2.21. The topological polar surface area (TPSA) is 75.6 Å². The van der Waals surface area contributed by atoms with Gasteiger partial charge in [0, 0.05) is 6.07 Å². The van der Waals surface area contributed by atoms with Crippen LogP contribution in [0.3, 0.4) is 0 Å². The van der Waals surface area contributed by atoms with Crippen LogP contribution < -0.4 is 9.46 Å². The zero-order valence-electron chi connectivity index (χ0n) is 12.0. The number of phenolic OH excluding ortho intramolecular Hbond substituents is 1. The largest absolute Gasteiger partial charge is 0.506 e. The Morgan fingerprint density at radius 3 is 2.43 bits per heavy atom. The number of rotatable bonds is 4. The predicted octanol–water partition coefficient (Wildman–Crippen LogP) is 2.82. The van der Waals surface area contributed by atoms with Crippen molar-refractivity contribution in [1.29, 1.82) is 0 Å². The van der Waals surface area contributed by atoms with Crippen molar-refractivity contribution in [3.05, 3.63) is 47.5 Å². The Morgan fingerprint density at radius 2 is 1.81 bits per heavy atom. The van der Waals surface area contributed by atoms with Crippen LogP contribution in [0.4, 0.5) is 5.69 Å². The molecule has 0 aliphatic carbocycles. The summed E-state index contributed by atoms with van der Waals surface area (Å²) in [4.78, 5) is 0.192. The van der Waals surface area contributed by atoms with Gasteiger partial charge in [0.15, 0.2) is 0 Å². The first kappa shape index (κ1) is 15.2. The number of sulfonamides is 1. The maximum atomic E-state index is 12.4. The summed E-state index contributed by atoms with van der Waals surface area (Å²) in [5, 5.41) is 9.85. The minimum Gasteiger partial charge on any atom is -0.506 e. The summed E-state index contributed by atoms with van der Waals surface area (Å²) in [6.07, 6.45) is 0. The molecule has 0 heterocycles. The molecule has 0 saturated carbocycles. The van der Waals surface area contributed by atoms with Crippen molar-refractivity contribution in [3.63, 3.8) is 0 Å². The number of hydrogen-bond acceptors (Lipinski definition) is 4. The van der Waals surface area contributed by atoms with Crippen LogP contribution in [0.15, 0.2) is 41.3 Å². The molecule has 0 atom stereocenters. The molecule has 0 aliphatic rings. The highest BCUT2D eigenvalue weighted by atomic mass is 32.2. The van der Waals surface area contributed by atoms with Crippen LogP contribution in [0.2, 0.25) is 0 Å². The van der Waals surface area contributed by atoms with Crippen molar-refractivity contribution >= 4 is 15.7 Å². The number of aryl methyl sites for hydroxylation is 2. The Bertz CT molecular complexity index is 769. The summed E-state index contributed by atoms with van der Waals surface area (Å²) in [5.41, 5.74) is 1.60. The third kappa shape index (κ3) is 3.28. The van der Waals surface area contributed by atoms with Gasteiger partial charge in [0.1, 0.15) is 11.5 Å². The molecule has 112 valence electrons. The van der Waals surface area contributed by atoms with E-state index in [0.717, 1.165) is 5.56 Å². The smallest absolute Gasteiger partial charge is 0.262 e. The van der Waals surface area contributed by atoms with E-state index in [-0.39, 0.29) is 16.3 Å². The van der Waals surface area contributed by atoms with Crippen molar-refractivity contribution in [2.24, 2.45) is 0 Å². The fourth-order valence-electron chi connectivity index (χ4n) is 1.92. The molecule has 0 fully saturated rings. The Labute approximate surface area is 124 Å². The summed E-state index contributed by atoms with van der Waals surface area (Å²) in [6, 6.07) is 9.56. The van der Waals surface area contributed by atoms with Crippen LogP contribution >= 0.6 is 0 Å². The monoisotopic (exact) mass is 307 g/mol. The lowest BCUT2D eigenvalue weighted by molar-refractivity contribution is 0.408. The number of nitrogens with one attached hydrogen (secondary N) is 1. The summed E-state index contributed by atoms with van der Waals surface area (Å²) >= 11 is 0. The second-order valence-electron chi connectivity index (χ2n) is 4.76. The van der Waals surface area contributed by atoms with E-state index in [1.807, 2.05) is 13.0 Å². The zero-order valence-corrected chi connectivity index (χ0v) is 12.9. The lowest BCUT2D eigenvalue weighted by Crippen LogP contribution is -2.14. The summed E-state index contributed by atoms with van der Waals surface area (Å²) < 4.78 is 32.2. The van der Waals surface area contributed by atoms with Crippen molar-refractivity contribution in [1.82, 2.24) is 0 Å². The molecule has 0 unspecified atom stereocenters. The Morgan fingerprint density at radius 1 is 1.10 bits per heavy atom. The molecule has 5 nitrogen and oxygen atoms in total. The molecule has 6 heteroatoms.